The summed E-state index contributed by atoms with van der Waals surface area (Å²) in [5.41, 5.74) is 0.407. The van der Waals surface area contributed by atoms with Gasteiger partial charge in [-0.15, -0.1) is 0 Å². The predicted molar refractivity (Wildman–Crippen MR) is 54.7 cm³/mol. The van der Waals surface area contributed by atoms with E-state index >= 15 is 0 Å². The Bertz CT molecular complexity index is 271. The van der Waals surface area contributed by atoms with Crippen LogP contribution in [0.2, 0.25) is 0 Å². The number of halogens is 2. The van der Waals surface area contributed by atoms with Gasteiger partial charge in [0.05, 0.1) is 12.7 Å². The molecule has 0 aliphatic carbocycles. The Morgan fingerprint density at radius 3 is 2.85 bits per heavy atom. The smallest absolute Gasteiger partial charge is 0.127 e. The molecule has 2 N–H and O–H groups in total. The Morgan fingerprint density at radius 2 is 2.31 bits per heavy atom. The van der Waals surface area contributed by atoms with Crippen LogP contribution in [0.3, 0.4) is 0 Å². The average molecular weight is 295 g/mol. The minimum Gasteiger partial charge on any atom is -0.394 e. The van der Waals surface area contributed by atoms with E-state index in [0.717, 1.165) is 0 Å². The standard InChI is InChI=1S/C9H9FIO2/c10-8-2-1-3-9(11)7(8)4-6(13)5-12/h1-2,6,12-13H,4-5H2/t6-/m1/s1. The van der Waals surface area contributed by atoms with Gasteiger partial charge in [-0.3, -0.25) is 0 Å². The normalized spacial score (nSPS) is 12.9. The molecule has 0 heterocycles. The van der Waals surface area contributed by atoms with Crippen molar-refractivity contribution >= 4 is 22.6 Å². The number of aliphatic hydroxyl groups is 2. The Morgan fingerprint density at radius 1 is 1.62 bits per heavy atom. The zero-order valence-corrected chi connectivity index (χ0v) is 8.95. The molecule has 71 valence electrons. The van der Waals surface area contributed by atoms with Crippen molar-refractivity contribution in [2.45, 2.75) is 12.5 Å². The first-order valence-electron chi connectivity index (χ1n) is 3.78. The van der Waals surface area contributed by atoms with Crippen LogP contribution >= 0.6 is 22.6 Å². The van der Waals surface area contributed by atoms with Crippen LogP contribution in [0.4, 0.5) is 4.39 Å². The fraction of sp³-hybridized carbons (Fsp3) is 0.333. The summed E-state index contributed by atoms with van der Waals surface area (Å²) in [5.74, 6) is -0.365. The molecule has 1 rings (SSSR count). The van der Waals surface area contributed by atoms with Crippen molar-refractivity contribution in [3.63, 3.8) is 0 Å². The lowest BCUT2D eigenvalue weighted by molar-refractivity contribution is 0.0946. The van der Waals surface area contributed by atoms with Gasteiger partial charge in [-0.05, 0) is 34.7 Å². The Hall–Kier alpha value is -0.200. The molecule has 0 spiro atoms. The molecule has 0 amide bonds. The highest BCUT2D eigenvalue weighted by Gasteiger charge is 2.11. The molecule has 0 saturated carbocycles. The zero-order chi connectivity index (χ0) is 9.84. The van der Waals surface area contributed by atoms with Crippen LogP contribution in [0, 0.1) is 15.5 Å². The minimum absolute atomic E-state index is 0.123. The molecule has 0 bridgehead atoms. The van der Waals surface area contributed by atoms with Gasteiger partial charge in [-0.1, -0.05) is 6.07 Å². The van der Waals surface area contributed by atoms with Gasteiger partial charge >= 0.3 is 0 Å². The van der Waals surface area contributed by atoms with Gasteiger partial charge in [0.1, 0.15) is 5.82 Å². The van der Waals surface area contributed by atoms with Gasteiger partial charge in [0.15, 0.2) is 0 Å². The van der Waals surface area contributed by atoms with Crippen molar-refractivity contribution < 1.29 is 14.6 Å². The maximum absolute atomic E-state index is 13.1. The lowest BCUT2D eigenvalue weighted by Gasteiger charge is -2.09. The average Bonchev–Trinajstić information content (AvgIpc) is 2.11. The van der Waals surface area contributed by atoms with Gasteiger partial charge in [0.2, 0.25) is 0 Å². The van der Waals surface area contributed by atoms with E-state index in [-0.39, 0.29) is 18.8 Å². The third-order valence-electron chi connectivity index (χ3n) is 1.64. The van der Waals surface area contributed by atoms with Crippen LogP contribution < -0.4 is 0 Å². The quantitative estimate of drug-likeness (QED) is 0.821. The van der Waals surface area contributed by atoms with E-state index < -0.39 is 6.10 Å². The van der Waals surface area contributed by atoms with Crippen molar-refractivity contribution in [1.82, 2.24) is 0 Å². The Labute approximate surface area is 89.5 Å². The van der Waals surface area contributed by atoms with E-state index in [2.05, 4.69) is 6.07 Å². The Balaban J connectivity index is 2.87. The number of rotatable bonds is 3. The molecule has 0 aliphatic heterocycles. The van der Waals surface area contributed by atoms with E-state index in [4.69, 9.17) is 10.2 Å². The first-order chi connectivity index (χ1) is 6.15. The first kappa shape index (κ1) is 10.9. The summed E-state index contributed by atoms with van der Waals surface area (Å²) in [7, 11) is 0. The fourth-order valence-corrected chi connectivity index (χ4v) is 1.63. The molecule has 13 heavy (non-hydrogen) atoms. The summed E-state index contributed by atoms with van der Waals surface area (Å²) in [6.07, 6.45) is -0.781. The van der Waals surface area contributed by atoms with Gasteiger partial charge in [-0.2, -0.15) is 0 Å². The number of hydrogen-bond acceptors (Lipinski definition) is 2. The second-order valence-electron chi connectivity index (χ2n) is 2.66. The van der Waals surface area contributed by atoms with Crippen molar-refractivity contribution in [2.24, 2.45) is 0 Å². The monoisotopic (exact) mass is 295 g/mol. The summed E-state index contributed by atoms with van der Waals surface area (Å²) >= 11 is 1.95. The number of hydrogen-bond donors (Lipinski definition) is 2. The molecule has 1 aromatic rings. The molecule has 1 radical (unpaired) electrons. The SMILES string of the molecule is OC[C@H](O)Cc1c(I)[c]ccc1F. The predicted octanol–water partition coefficient (Wildman–Crippen LogP) is 1.13. The van der Waals surface area contributed by atoms with Crippen LogP contribution in [0.1, 0.15) is 5.56 Å². The van der Waals surface area contributed by atoms with Crippen LogP contribution in [0.5, 0.6) is 0 Å². The van der Waals surface area contributed by atoms with E-state index in [1.165, 1.54) is 12.1 Å². The molecule has 1 aromatic carbocycles. The van der Waals surface area contributed by atoms with E-state index in [9.17, 15) is 4.39 Å². The minimum atomic E-state index is -0.904. The third-order valence-corrected chi connectivity index (χ3v) is 2.61. The highest BCUT2D eigenvalue weighted by molar-refractivity contribution is 14.1. The summed E-state index contributed by atoms with van der Waals surface area (Å²) in [6.45, 7) is -0.357. The molecule has 2 nitrogen and oxygen atoms in total. The lowest BCUT2D eigenvalue weighted by Crippen LogP contribution is -2.16. The van der Waals surface area contributed by atoms with Gasteiger partial charge in [0.25, 0.3) is 0 Å². The Kier molecular flexibility index (Phi) is 4.08. The third kappa shape index (κ3) is 2.89. The fourth-order valence-electron chi connectivity index (χ4n) is 0.968. The highest BCUT2D eigenvalue weighted by atomic mass is 127. The second kappa shape index (κ2) is 4.88. The van der Waals surface area contributed by atoms with Crippen molar-refractivity contribution in [3.05, 3.63) is 33.1 Å². The maximum Gasteiger partial charge on any atom is 0.127 e. The largest absolute Gasteiger partial charge is 0.394 e. The van der Waals surface area contributed by atoms with Crippen LogP contribution in [0.25, 0.3) is 0 Å². The van der Waals surface area contributed by atoms with Crippen molar-refractivity contribution in [1.29, 1.82) is 0 Å². The van der Waals surface area contributed by atoms with Crippen LogP contribution in [-0.2, 0) is 6.42 Å². The second-order valence-corrected chi connectivity index (χ2v) is 3.74. The summed E-state index contributed by atoms with van der Waals surface area (Å²) in [5, 5.41) is 17.7. The summed E-state index contributed by atoms with van der Waals surface area (Å²) in [4.78, 5) is 0. The summed E-state index contributed by atoms with van der Waals surface area (Å²) < 4.78 is 13.8. The molecule has 0 fully saturated rings. The molecule has 1 atom stereocenters. The highest BCUT2D eigenvalue weighted by Crippen LogP contribution is 2.16. The zero-order valence-electron chi connectivity index (χ0n) is 6.80. The van der Waals surface area contributed by atoms with Crippen LogP contribution in [0.15, 0.2) is 12.1 Å². The topological polar surface area (TPSA) is 40.5 Å². The maximum atomic E-state index is 13.1. The van der Waals surface area contributed by atoms with Crippen molar-refractivity contribution in [3.8, 4) is 0 Å². The van der Waals surface area contributed by atoms with Gasteiger partial charge in [0, 0.05) is 15.6 Å². The molecular formula is C9H9FIO2. The first-order valence-corrected chi connectivity index (χ1v) is 4.86. The molecule has 0 saturated heterocycles. The summed E-state index contributed by atoms with van der Waals surface area (Å²) in [6, 6.07) is 5.61. The number of aliphatic hydroxyl groups excluding tert-OH is 2. The van der Waals surface area contributed by atoms with E-state index in [1.54, 1.807) is 0 Å². The van der Waals surface area contributed by atoms with E-state index in [1.807, 2.05) is 22.6 Å². The molecule has 0 aliphatic rings. The molecule has 4 heteroatoms. The molecule has 0 unspecified atom stereocenters. The lowest BCUT2D eigenvalue weighted by atomic mass is 10.1. The molecular weight excluding hydrogens is 286 g/mol. The van der Waals surface area contributed by atoms with Crippen molar-refractivity contribution in [2.75, 3.05) is 6.61 Å². The van der Waals surface area contributed by atoms with Gasteiger partial charge in [-0.25, -0.2) is 4.39 Å². The molecule has 0 aromatic heterocycles. The number of benzene rings is 1. The van der Waals surface area contributed by atoms with E-state index in [0.29, 0.717) is 9.13 Å². The van der Waals surface area contributed by atoms with Crippen LogP contribution in [-0.4, -0.2) is 22.9 Å². The van der Waals surface area contributed by atoms with Gasteiger partial charge < -0.3 is 10.2 Å².